The molecule has 0 aliphatic heterocycles. The Bertz CT molecular complexity index is 106. The molecule has 0 fully saturated rings. The van der Waals surface area contributed by atoms with E-state index in [0.29, 0.717) is 0 Å². The second-order valence-corrected chi connectivity index (χ2v) is 7.43. The van der Waals surface area contributed by atoms with Gasteiger partial charge in [0.1, 0.15) is 8.07 Å². The molecule has 0 aliphatic rings. The summed E-state index contributed by atoms with van der Waals surface area (Å²) in [5, 5.41) is 2.50. The molecule has 8 heavy (non-hydrogen) atoms. The fraction of sp³-hybridized carbons (Fsp3) is 0.600. The molecular weight excluding hydrogens is 127 g/mol. The van der Waals surface area contributed by atoms with Gasteiger partial charge in [-0.3, -0.25) is 5.25 Å². The molecule has 0 N–H and O–H groups in total. The topological polar surface area (TPSA) is 0 Å². The van der Waals surface area contributed by atoms with Crippen LogP contribution in [0.25, 0.3) is 0 Å². The van der Waals surface area contributed by atoms with Gasteiger partial charge in [0.15, 0.2) is 0 Å². The van der Waals surface area contributed by atoms with Gasteiger partial charge in [0, 0.05) is 0 Å². The Morgan fingerprint density at radius 2 is 1.62 bits per heavy atom. The zero-order chi connectivity index (χ0) is 5.91. The summed E-state index contributed by atoms with van der Waals surface area (Å²) in [6, 6.07) is 0. The SMILES string of the molecule is C[Si](C)(C)C#C[S-].[Li+]. The van der Waals surface area contributed by atoms with Crippen LogP contribution in [0.2, 0.25) is 19.6 Å². The van der Waals surface area contributed by atoms with Gasteiger partial charge in [0.25, 0.3) is 0 Å². The maximum Gasteiger partial charge on any atom is 1.00 e. The average Bonchev–Trinajstić information content (AvgIpc) is 1.30. The molecule has 0 saturated carbocycles. The van der Waals surface area contributed by atoms with E-state index in [1.54, 1.807) is 0 Å². The van der Waals surface area contributed by atoms with Crippen molar-refractivity contribution in [2.45, 2.75) is 19.6 Å². The van der Waals surface area contributed by atoms with Gasteiger partial charge in [-0.2, -0.15) is 5.54 Å². The first-order valence-corrected chi connectivity index (χ1v) is 6.11. The Labute approximate surface area is 70.0 Å². The van der Waals surface area contributed by atoms with Gasteiger partial charge >= 0.3 is 18.9 Å². The van der Waals surface area contributed by atoms with Crippen molar-refractivity contribution < 1.29 is 18.9 Å². The summed E-state index contributed by atoms with van der Waals surface area (Å²) in [7, 11) is -1.12. The molecule has 0 unspecified atom stereocenters. The third-order valence-corrected chi connectivity index (χ3v) is 1.58. The van der Waals surface area contributed by atoms with Gasteiger partial charge < -0.3 is 12.6 Å². The molecule has 0 rings (SSSR count). The van der Waals surface area contributed by atoms with Crippen LogP contribution in [0.3, 0.4) is 0 Å². The molecule has 0 aromatic heterocycles. The summed E-state index contributed by atoms with van der Waals surface area (Å²) in [5.41, 5.74) is 2.99. The van der Waals surface area contributed by atoms with Crippen molar-refractivity contribution in [3.05, 3.63) is 0 Å². The minimum absolute atomic E-state index is 0. The number of hydrogen-bond acceptors (Lipinski definition) is 1. The van der Waals surface area contributed by atoms with Gasteiger partial charge in [-0.1, -0.05) is 19.6 Å². The zero-order valence-electron chi connectivity index (χ0n) is 5.91. The quantitative estimate of drug-likeness (QED) is 0.219. The van der Waals surface area contributed by atoms with Crippen LogP contribution in [0, 0.1) is 10.8 Å². The van der Waals surface area contributed by atoms with Gasteiger partial charge in [-0.25, -0.2) is 0 Å². The van der Waals surface area contributed by atoms with E-state index < -0.39 is 8.07 Å². The maximum atomic E-state index is 4.47. The van der Waals surface area contributed by atoms with Crippen LogP contribution in [0.15, 0.2) is 0 Å². The molecule has 0 spiro atoms. The third-order valence-electron chi connectivity index (χ3n) is 0.426. The van der Waals surface area contributed by atoms with Crippen molar-refractivity contribution in [3.63, 3.8) is 0 Å². The Hall–Kier alpha value is 0.594. The van der Waals surface area contributed by atoms with Gasteiger partial charge in [0.05, 0.1) is 0 Å². The minimum Gasteiger partial charge on any atom is -0.725 e. The van der Waals surface area contributed by atoms with Crippen LogP contribution in [-0.4, -0.2) is 8.07 Å². The van der Waals surface area contributed by atoms with E-state index in [2.05, 4.69) is 43.1 Å². The molecule has 0 aliphatic carbocycles. The summed E-state index contributed by atoms with van der Waals surface area (Å²) in [6.07, 6.45) is 0. The van der Waals surface area contributed by atoms with Crippen LogP contribution in [0.1, 0.15) is 0 Å². The van der Waals surface area contributed by atoms with Crippen LogP contribution >= 0.6 is 0 Å². The maximum absolute atomic E-state index is 4.47. The van der Waals surface area contributed by atoms with Crippen molar-refractivity contribution in [2.24, 2.45) is 0 Å². The Morgan fingerprint density at radius 1 is 1.25 bits per heavy atom. The smallest absolute Gasteiger partial charge is 0.725 e. The van der Waals surface area contributed by atoms with Gasteiger partial charge in [-0.15, -0.1) is 0 Å². The van der Waals surface area contributed by atoms with Crippen molar-refractivity contribution in [3.8, 4) is 10.8 Å². The Balaban J connectivity index is 0. The van der Waals surface area contributed by atoms with Crippen molar-refractivity contribution in [1.82, 2.24) is 0 Å². The number of rotatable bonds is 0. The largest absolute Gasteiger partial charge is 1.00 e. The first kappa shape index (κ1) is 11.4. The first-order valence-electron chi connectivity index (χ1n) is 2.20. The average molecular weight is 136 g/mol. The molecule has 0 atom stereocenters. The normalized spacial score (nSPS) is 8.38. The van der Waals surface area contributed by atoms with Crippen molar-refractivity contribution in [2.75, 3.05) is 0 Å². The fourth-order valence-corrected chi connectivity index (χ4v) is 1.38. The first-order chi connectivity index (χ1) is 3.06. The van der Waals surface area contributed by atoms with Crippen molar-refractivity contribution in [1.29, 1.82) is 0 Å². The zero-order valence-corrected chi connectivity index (χ0v) is 7.72. The van der Waals surface area contributed by atoms with E-state index in [4.69, 9.17) is 0 Å². The molecule has 0 aromatic carbocycles. The Kier molecular flexibility index (Phi) is 6.37. The number of hydrogen-bond donors (Lipinski definition) is 0. The van der Waals surface area contributed by atoms with Crippen LogP contribution < -0.4 is 18.9 Å². The molecule has 0 bridgehead atoms. The molecule has 0 nitrogen and oxygen atoms in total. The minimum atomic E-state index is -1.12. The monoisotopic (exact) mass is 136 g/mol. The summed E-state index contributed by atoms with van der Waals surface area (Å²) in [6.45, 7) is 6.52. The summed E-state index contributed by atoms with van der Waals surface area (Å²) >= 11 is 4.47. The molecule has 0 radical (unpaired) electrons. The molecule has 0 saturated heterocycles. The predicted molar refractivity (Wildman–Crippen MR) is 38.5 cm³/mol. The summed E-state index contributed by atoms with van der Waals surface area (Å²) in [4.78, 5) is 0. The molecule has 3 heteroatoms. The van der Waals surface area contributed by atoms with E-state index in [1.165, 1.54) is 0 Å². The standard InChI is InChI=1S/C5H10SSi.Li/c1-7(2,3)5-4-6;/h6H,1-3H3;/q;+1/p-1. The molecule has 40 valence electrons. The van der Waals surface area contributed by atoms with Gasteiger partial charge in [-0.05, 0) is 0 Å². The summed E-state index contributed by atoms with van der Waals surface area (Å²) in [5.74, 6) is 0. The van der Waals surface area contributed by atoms with E-state index in [0.717, 1.165) is 0 Å². The van der Waals surface area contributed by atoms with E-state index in [1.807, 2.05) is 0 Å². The Morgan fingerprint density at radius 3 is 1.62 bits per heavy atom. The van der Waals surface area contributed by atoms with E-state index in [-0.39, 0.29) is 18.9 Å². The second-order valence-electron chi connectivity index (χ2n) is 2.48. The summed E-state index contributed by atoms with van der Waals surface area (Å²) < 4.78 is 0. The van der Waals surface area contributed by atoms with E-state index in [9.17, 15) is 0 Å². The molecule has 0 aromatic rings. The van der Waals surface area contributed by atoms with Gasteiger partial charge in [0.2, 0.25) is 0 Å². The van der Waals surface area contributed by atoms with Crippen LogP contribution in [0.4, 0.5) is 0 Å². The molecular formula is C5H9LiSSi. The molecule has 0 heterocycles. The van der Waals surface area contributed by atoms with Crippen LogP contribution in [-0.2, 0) is 12.6 Å². The van der Waals surface area contributed by atoms with Crippen molar-refractivity contribution >= 4 is 20.7 Å². The second kappa shape index (κ2) is 4.47. The predicted octanol–water partition coefficient (Wildman–Crippen LogP) is -1.62. The third kappa shape index (κ3) is 9.78. The molecule has 0 amide bonds. The van der Waals surface area contributed by atoms with E-state index >= 15 is 0 Å². The van der Waals surface area contributed by atoms with Crippen LogP contribution in [0.5, 0.6) is 0 Å². The fourth-order valence-electron chi connectivity index (χ4n) is 0.153.